The monoisotopic (exact) mass is 478 g/mol. The van der Waals surface area contributed by atoms with E-state index in [1.165, 1.54) is 17.4 Å². The van der Waals surface area contributed by atoms with Crippen LogP contribution in [0.4, 0.5) is 18.9 Å². The van der Waals surface area contributed by atoms with E-state index in [9.17, 15) is 23.1 Å². The van der Waals surface area contributed by atoms with Crippen LogP contribution in [0.3, 0.4) is 0 Å². The van der Waals surface area contributed by atoms with Gasteiger partial charge in [-0.25, -0.2) is 4.98 Å². The number of hydrogen-bond donors (Lipinski definition) is 1. The molecule has 0 aliphatic carbocycles. The van der Waals surface area contributed by atoms with E-state index in [1.54, 1.807) is 17.0 Å². The van der Waals surface area contributed by atoms with Crippen molar-refractivity contribution < 1.29 is 23.1 Å². The van der Waals surface area contributed by atoms with Crippen LogP contribution in [-0.2, 0) is 6.18 Å². The molecule has 2 fully saturated rings. The first-order valence-corrected chi connectivity index (χ1v) is 11.6. The number of likely N-dealkylation sites (tertiary alicyclic amines) is 1. The summed E-state index contributed by atoms with van der Waals surface area (Å²) in [5.74, 6) is -0.151. The number of aliphatic hydroxyl groups is 1. The number of anilines is 1. The first-order chi connectivity index (χ1) is 15.6. The van der Waals surface area contributed by atoms with E-state index in [-0.39, 0.29) is 23.8 Å². The van der Waals surface area contributed by atoms with Gasteiger partial charge < -0.3 is 14.9 Å². The molecule has 0 saturated carbocycles. The van der Waals surface area contributed by atoms with E-state index in [0.29, 0.717) is 55.3 Å². The van der Waals surface area contributed by atoms with Crippen LogP contribution in [0.1, 0.15) is 44.3 Å². The third kappa shape index (κ3) is 4.32. The number of nitriles is 1. The van der Waals surface area contributed by atoms with Gasteiger partial charge in [0.25, 0.3) is 5.91 Å². The number of rotatable bonds is 3. The highest BCUT2D eigenvalue weighted by molar-refractivity contribution is 7.13. The van der Waals surface area contributed by atoms with Crippen molar-refractivity contribution >= 4 is 22.9 Å². The molecular weight excluding hydrogens is 453 g/mol. The molecule has 1 aromatic heterocycles. The smallest absolute Gasteiger partial charge is 0.396 e. The average Bonchev–Trinajstić information content (AvgIpc) is 3.31. The number of aliphatic hydroxyl groups excluding tert-OH is 1. The maximum Gasteiger partial charge on any atom is 0.417 e. The molecule has 2 saturated heterocycles. The number of carbonyl (C=O) groups excluding carboxylic acids is 1. The average molecular weight is 479 g/mol. The highest BCUT2D eigenvalue weighted by atomic mass is 32.1. The van der Waals surface area contributed by atoms with Crippen molar-refractivity contribution in [2.24, 2.45) is 11.3 Å². The number of benzene rings is 1. The van der Waals surface area contributed by atoms with Gasteiger partial charge in [-0.15, -0.1) is 11.3 Å². The summed E-state index contributed by atoms with van der Waals surface area (Å²) in [6.07, 6.45) is -3.28. The lowest BCUT2D eigenvalue weighted by atomic mass is 9.71. The molecule has 33 heavy (non-hydrogen) atoms. The predicted octanol–water partition coefficient (Wildman–Crippen LogP) is 4.00. The van der Waals surface area contributed by atoms with Crippen molar-refractivity contribution in [2.45, 2.75) is 32.9 Å². The van der Waals surface area contributed by atoms with E-state index >= 15 is 0 Å². The van der Waals surface area contributed by atoms with Crippen LogP contribution in [-0.4, -0.2) is 53.7 Å². The van der Waals surface area contributed by atoms with Crippen LogP contribution in [0, 0.1) is 36.5 Å². The zero-order valence-corrected chi connectivity index (χ0v) is 19.3. The Kier molecular flexibility index (Phi) is 6.14. The summed E-state index contributed by atoms with van der Waals surface area (Å²) < 4.78 is 40.1. The second-order valence-corrected chi connectivity index (χ2v) is 10.1. The van der Waals surface area contributed by atoms with E-state index in [2.05, 4.69) is 4.98 Å². The number of carbonyl (C=O) groups is 1. The predicted molar refractivity (Wildman–Crippen MR) is 118 cm³/mol. The normalized spacial score (nSPS) is 20.3. The van der Waals surface area contributed by atoms with Gasteiger partial charge in [0, 0.05) is 44.4 Å². The molecule has 10 heteroatoms. The van der Waals surface area contributed by atoms with Crippen molar-refractivity contribution in [1.29, 1.82) is 5.26 Å². The summed E-state index contributed by atoms with van der Waals surface area (Å²) in [4.78, 5) is 21.8. The number of alkyl halides is 3. The van der Waals surface area contributed by atoms with E-state index in [4.69, 9.17) is 5.26 Å². The zero-order chi connectivity index (χ0) is 24.0. The highest BCUT2D eigenvalue weighted by Crippen LogP contribution is 2.46. The minimum atomic E-state index is -4.60. The van der Waals surface area contributed by atoms with Gasteiger partial charge in [-0.2, -0.15) is 18.4 Å². The molecular formula is C23H25F3N4O2S. The topological polar surface area (TPSA) is 80.5 Å². The number of amides is 1. The van der Waals surface area contributed by atoms with Gasteiger partial charge in [0.05, 0.1) is 27.9 Å². The number of aromatic nitrogens is 1. The number of thiazole rings is 1. The van der Waals surface area contributed by atoms with Crippen LogP contribution in [0.2, 0.25) is 0 Å². The molecule has 2 aliphatic heterocycles. The molecule has 1 atom stereocenters. The van der Waals surface area contributed by atoms with Crippen LogP contribution in [0.15, 0.2) is 18.2 Å². The zero-order valence-electron chi connectivity index (χ0n) is 18.4. The van der Waals surface area contributed by atoms with Crippen LogP contribution < -0.4 is 4.90 Å². The first-order valence-electron chi connectivity index (χ1n) is 10.8. The fraction of sp³-hybridized carbons (Fsp3) is 0.522. The van der Waals surface area contributed by atoms with Gasteiger partial charge in [0.1, 0.15) is 4.88 Å². The second kappa shape index (κ2) is 8.61. The van der Waals surface area contributed by atoms with Gasteiger partial charge in [0.15, 0.2) is 0 Å². The lowest BCUT2D eigenvalue weighted by Crippen LogP contribution is -2.45. The Morgan fingerprint density at radius 3 is 2.58 bits per heavy atom. The summed E-state index contributed by atoms with van der Waals surface area (Å²) >= 11 is 1.37. The molecule has 1 unspecified atom stereocenters. The van der Waals surface area contributed by atoms with Crippen LogP contribution in [0.25, 0.3) is 0 Å². The van der Waals surface area contributed by atoms with E-state index < -0.39 is 17.3 Å². The number of halogens is 3. The Morgan fingerprint density at radius 2 is 2.03 bits per heavy atom. The van der Waals surface area contributed by atoms with Gasteiger partial charge in [-0.3, -0.25) is 4.79 Å². The molecule has 0 bridgehead atoms. The van der Waals surface area contributed by atoms with Crippen molar-refractivity contribution in [3.8, 4) is 6.07 Å². The first kappa shape index (κ1) is 23.5. The maximum absolute atomic E-state index is 13.4. The Balaban J connectivity index is 1.51. The van der Waals surface area contributed by atoms with Crippen molar-refractivity contribution in [3.63, 3.8) is 0 Å². The highest BCUT2D eigenvalue weighted by Gasteiger charge is 2.49. The standard InChI is InChI=1S/C23H25F3N4O2S/c1-14-20(33-15(2)28-14)21(32)30-11-17(12-31)22(13-30)5-7-29(8-6-22)18-4-3-16(10-27)19(9-18)23(24,25)26/h3-4,9,17,31H,5-8,11-13H2,1-2H3. The number of aryl methyl sites for hydroxylation is 2. The minimum Gasteiger partial charge on any atom is -0.396 e. The fourth-order valence-electron chi connectivity index (χ4n) is 5.15. The van der Waals surface area contributed by atoms with Gasteiger partial charge in [-0.1, -0.05) is 0 Å². The lowest BCUT2D eigenvalue weighted by molar-refractivity contribution is -0.137. The summed E-state index contributed by atoms with van der Waals surface area (Å²) in [6, 6.07) is 5.42. The largest absolute Gasteiger partial charge is 0.417 e. The summed E-state index contributed by atoms with van der Waals surface area (Å²) in [6.45, 7) is 5.64. The van der Waals surface area contributed by atoms with E-state index in [0.717, 1.165) is 11.1 Å². The number of piperidine rings is 1. The Labute approximate surface area is 194 Å². The third-order valence-electron chi connectivity index (χ3n) is 6.97. The van der Waals surface area contributed by atoms with Crippen LogP contribution >= 0.6 is 11.3 Å². The van der Waals surface area contributed by atoms with Crippen molar-refractivity contribution in [1.82, 2.24) is 9.88 Å². The minimum absolute atomic E-state index is 0.0421. The van der Waals surface area contributed by atoms with Gasteiger partial charge in [-0.05, 0) is 50.3 Å². The van der Waals surface area contributed by atoms with Crippen LogP contribution in [0.5, 0.6) is 0 Å². The maximum atomic E-state index is 13.4. The molecule has 176 valence electrons. The number of hydrogen-bond acceptors (Lipinski definition) is 6. The Morgan fingerprint density at radius 1 is 1.33 bits per heavy atom. The fourth-order valence-corrected chi connectivity index (χ4v) is 6.04. The summed E-state index contributed by atoms with van der Waals surface area (Å²) in [5.41, 5.74) is -0.449. The quantitative estimate of drug-likeness (QED) is 0.721. The third-order valence-corrected chi connectivity index (χ3v) is 8.03. The number of nitrogens with zero attached hydrogens (tertiary/aromatic N) is 4. The lowest BCUT2D eigenvalue weighted by Gasteiger charge is -2.43. The van der Waals surface area contributed by atoms with Gasteiger partial charge in [0.2, 0.25) is 0 Å². The van der Waals surface area contributed by atoms with E-state index in [1.807, 2.05) is 18.7 Å². The molecule has 4 rings (SSSR count). The molecule has 3 heterocycles. The summed E-state index contributed by atoms with van der Waals surface area (Å²) in [7, 11) is 0. The molecule has 1 aromatic carbocycles. The summed E-state index contributed by atoms with van der Waals surface area (Å²) in [5, 5.41) is 19.9. The SMILES string of the molecule is Cc1nc(C)c(C(=O)N2CC(CO)C3(CCN(c4ccc(C#N)c(C(F)(F)F)c4)CC3)C2)s1. The molecule has 1 N–H and O–H groups in total. The molecule has 0 radical (unpaired) electrons. The molecule has 6 nitrogen and oxygen atoms in total. The molecule has 2 aromatic rings. The Hall–Kier alpha value is -2.64. The second-order valence-electron chi connectivity index (χ2n) is 8.90. The Bertz CT molecular complexity index is 1100. The van der Waals surface area contributed by atoms with Gasteiger partial charge >= 0.3 is 6.18 Å². The molecule has 1 amide bonds. The van der Waals surface area contributed by atoms with Crippen molar-refractivity contribution in [3.05, 3.63) is 44.9 Å². The molecule has 2 aliphatic rings. The molecule has 1 spiro atoms. The van der Waals surface area contributed by atoms with Crippen molar-refractivity contribution in [2.75, 3.05) is 37.7 Å².